The minimum atomic E-state index is -1.13. The average molecular weight is 633 g/mol. The Kier molecular flexibility index (Phi) is 11.7. The molecule has 1 aliphatic carbocycles. The van der Waals surface area contributed by atoms with Crippen LogP contribution in [0.1, 0.15) is 60.0 Å². The molecule has 11 heteroatoms. The van der Waals surface area contributed by atoms with E-state index in [-0.39, 0.29) is 32.0 Å². The van der Waals surface area contributed by atoms with E-state index in [1.165, 1.54) is 0 Å². The van der Waals surface area contributed by atoms with Gasteiger partial charge in [0.1, 0.15) is 17.2 Å². The molecule has 3 aromatic rings. The highest BCUT2D eigenvalue weighted by Gasteiger charge is 2.27. The van der Waals surface area contributed by atoms with E-state index in [1.54, 1.807) is 48.5 Å². The smallest absolute Gasteiger partial charge is 0.494 e. The molecule has 0 radical (unpaired) electrons. The maximum absolute atomic E-state index is 13.0. The number of hydrogen-bond donors (Lipinski definition) is 0. The predicted molar refractivity (Wildman–Crippen MR) is 164 cm³/mol. The lowest BCUT2D eigenvalue weighted by molar-refractivity contribution is -0.141. The summed E-state index contributed by atoms with van der Waals surface area (Å²) in [5, 5.41) is 0. The summed E-state index contributed by atoms with van der Waals surface area (Å²) in [6.45, 7) is 8.61. The minimum Gasteiger partial charge on any atom is -0.494 e. The van der Waals surface area contributed by atoms with Gasteiger partial charge in [-0.05, 0) is 90.0 Å². The number of halogens is 1. The van der Waals surface area contributed by atoms with Crippen LogP contribution in [0.25, 0.3) is 11.1 Å². The van der Waals surface area contributed by atoms with E-state index >= 15 is 0 Å². The van der Waals surface area contributed by atoms with Crippen molar-refractivity contribution in [3.05, 3.63) is 103 Å². The van der Waals surface area contributed by atoms with Gasteiger partial charge in [0.2, 0.25) is 5.83 Å². The van der Waals surface area contributed by atoms with Gasteiger partial charge < -0.3 is 28.4 Å². The lowest BCUT2D eigenvalue weighted by atomic mass is 9.98. The van der Waals surface area contributed by atoms with Gasteiger partial charge in [-0.2, -0.15) is 4.39 Å². The average Bonchev–Trinajstić information content (AvgIpc) is 3.32. The Hall–Kier alpha value is -5.45. The van der Waals surface area contributed by atoms with Crippen LogP contribution >= 0.6 is 0 Å². The van der Waals surface area contributed by atoms with Gasteiger partial charge in [-0.1, -0.05) is 32.2 Å². The van der Waals surface area contributed by atoms with Crippen molar-refractivity contribution in [2.24, 2.45) is 0 Å². The van der Waals surface area contributed by atoms with Crippen molar-refractivity contribution in [1.29, 1.82) is 0 Å². The molecule has 0 heterocycles. The number of benzene rings is 3. The van der Waals surface area contributed by atoms with Gasteiger partial charge in [0.15, 0.2) is 0 Å². The number of esters is 3. The van der Waals surface area contributed by atoms with Gasteiger partial charge in [0.25, 0.3) is 0 Å². The fraction of sp³-hybridized carbons (Fsp3) is 0.257. The molecule has 10 nitrogen and oxygen atoms in total. The van der Waals surface area contributed by atoms with Crippen molar-refractivity contribution in [3.63, 3.8) is 0 Å². The van der Waals surface area contributed by atoms with Crippen LogP contribution in [0.15, 0.2) is 85.9 Å². The Morgan fingerprint density at radius 2 is 1.41 bits per heavy atom. The molecule has 4 rings (SSSR count). The van der Waals surface area contributed by atoms with Crippen LogP contribution in [0, 0.1) is 0 Å². The highest BCUT2D eigenvalue weighted by atomic mass is 19.1. The zero-order valence-electron chi connectivity index (χ0n) is 25.3. The summed E-state index contributed by atoms with van der Waals surface area (Å²) in [6.07, 6.45) is 1.61. The molecule has 3 aromatic carbocycles. The first-order chi connectivity index (χ1) is 22.2. The number of ether oxygens (including phenoxy) is 6. The van der Waals surface area contributed by atoms with Crippen molar-refractivity contribution < 1.29 is 52.0 Å². The van der Waals surface area contributed by atoms with Crippen LogP contribution in [-0.4, -0.2) is 43.9 Å². The van der Waals surface area contributed by atoms with Crippen LogP contribution in [-0.2, 0) is 23.8 Å². The Morgan fingerprint density at radius 1 is 0.783 bits per heavy atom. The lowest BCUT2D eigenvalue weighted by Crippen LogP contribution is -2.12. The predicted octanol–water partition coefficient (Wildman–Crippen LogP) is 7.21. The van der Waals surface area contributed by atoms with Crippen LogP contribution in [0.4, 0.5) is 9.18 Å². The zero-order valence-corrected chi connectivity index (χ0v) is 25.3. The molecule has 0 bridgehead atoms. The summed E-state index contributed by atoms with van der Waals surface area (Å²) in [5.74, 6) is -2.03. The van der Waals surface area contributed by atoms with E-state index in [1.807, 2.05) is 19.1 Å². The SMILES string of the molecule is C=COC(=O)CCCOC(=O)Oc1ccc2c(c1)C(C)c1cc(C(=O)Oc3ccc(OCCCCOC(=O)C(=C)F)cc3)ccc1-2. The van der Waals surface area contributed by atoms with E-state index in [2.05, 4.69) is 22.6 Å². The van der Waals surface area contributed by atoms with Gasteiger partial charge in [-0.25, -0.2) is 14.4 Å². The third kappa shape index (κ3) is 9.04. The highest BCUT2D eigenvalue weighted by molar-refractivity contribution is 5.93. The number of carbonyl (C=O) groups excluding carboxylic acids is 4. The van der Waals surface area contributed by atoms with Gasteiger partial charge in [-0.3, -0.25) is 4.79 Å². The largest absolute Gasteiger partial charge is 0.513 e. The molecule has 1 unspecified atom stereocenters. The summed E-state index contributed by atoms with van der Waals surface area (Å²) >= 11 is 0. The third-order valence-electron chi connectivity index (χ3n) is 6.99. The second kappa shape index (κ2) is 16.0. The van der Waals surface area contributed by atoms with Gasteiger partial charge >= 0.3 is 24.1 Å². The summed E-state index contributed by atoms with van der Waals surface area (Å²) in [7, 11) is 0. The summed E-state index contributed by atoms with van der Waals surface area (Å²) in [5.41, 5.74) is 4.18. The third-order valence-corrected chi connectivity index (χ3v) is 6.99. The first-order valence-electron chi connectivity index (χ1n) is 14.6. The molecule has 0 saturated carbocycles. The van der Waals surface area contributed by atoms with E-state index < -0.39 is 29.9 Å². The highest BCUT2D eigenvalue weighted by Crippen LogP contribution is 2.46. The van der Waals surface area contributed by atoms with E-state index in [0.29, 0.717) is 42.3 Å². The van der Waals surface area contributed by atoms with Gasteiger partial charge in [0.05, 0.1) is 31.6 Å². The molecule has 0 spiro atoms. The molecule has 0 saturated heterocycles. The summed E-state index contributed by atoms with van der Waals surface area (Å²) < 4.78 is 43.4. The Bertz CT molecular complexity index is 1610. The quantitative estimate of drug-likeness (QED) is 0.0323. The van der Waals surface area contributed by atoms with Crippen LogP contribution in [0.5, 0.6) is 17.2 Å². The maximum Gasteiger partial charge on any atom is 0.513 e. The van der Waals surface area contributed by atoms with E-state index in [0.717, 1.165) is 28.5 Å². The topological polar surface area (TPSA) is 124 Å². The molecule has 240 valence electrons. The Labute approximate surface area is 265 Å². The molecule has 1 aliphatic rings. The second-order valence-corrected chi connectivity index (χ2v) is 10.2. The van der Waals surface area contributed by atoms with E-state index in [4.69, 9.17) is 18.9 Å². The number of unbranched alkanes of at least 4 members (excludes halogenated alkanes) is 1. The fourth-order valence-corrected chi connectivity index (χ4v) is 4.73. The van der Waals surface area contributed by atoms with Crippen molar-refractivity contribution in [3.8, 4) is 28.4 Å². The molecule has 1 atom stereocenters. The molecule has 46 heavy (non-hydrogen) atoms. The summed E-state index contributed by atoms with van der Waals surface area (Å²) in [4.78, 5) is 47.4. The molecule has 0 aromatic heterocycles. The van der Waals surface area contributed by atoms with Crippen LogP contribution < -0.4 is 14.2 Å². The monoisotopic (exact) mass is 632 g/mol. The molecule has 0 N–H and O–H groups in total. The van der Waals surface area contributed by atoms with Crippen molar-refractivity contribution in [2.75, 3.05) is 19.8 Å². The van der Waals surface area contributed by atoms with Crippen LogP contribution in [0.3, 0.4) is 0 Å². The fourth-order valence-electron chi connectivity index (χ4n) is 4.73. The van der Waals surface area contributed by atoms with Crippen LogP contribution in [0.2, 0.25) is 0 Å². The van der Waals surface area contributed by atoms with Gasteiger partial charge in [-0.15, -0.1) is 0 Å². The molecular formula is C35H33FO10. The zero-order chi connectivity index (χ0) is 33.1. The number of fused-ring (bicyclic) bond motifs is 3. The number of carbonyl (C=O) groups is 4. The number of hydrogen-bond acceptors (Lipinski definition) is 10. The minimum absolute atomic E-state index is 0.00249. The first-order valence-corrected chi connectivity index (χ1v) is 14.6. The second-order valence-electron chi connectivity index (χ2n) is 10.2. The normalized spacial score (nSPS) is 12.6. The van der Waals surface area contributed by atoms with E-state index in [9.17, 15) is 23.6 Å². The summed E-state index contributed by atoms with van der Waals surface area (Å²) in [6, 6.07) is 17.2. The molecular weight excluding hydrogens is 599 g/mol. The van der Waals surface area contributed by atoms with Gasteiger partial charge in [0, 0.05) is 12.3 Å². The first kappa shape index (κ1) is 33.4. The van der Waals surface area contributed by atoms with Crippen molar-refractivity contribution in [2.45, 2.75) is 38.5 Å². The maximum atomic E-state index is 13.0. The Balaban J connectivity index is 1.26. The standard InChI is InChI=1S/C35H33FO10/c1-4-41-32(37)8-7-19-44-35(40)46-27-14-16-29-28-15-9-24(20-30(28)22(2)31(29)21-27)34(39)45-26-12-10-25(11-13-26)42-17-5-6-18-43-33(38)23(3)36/h4,9-16,20-22H,1,3,5-8,17-19H2,2H3. The number of rotatable bonds is 15. The van der Waals surface area contributed by atoms with Crippen molar-refractivity contribution in [1.82, 2.24) is 0 Å². The molecule has 0 fully saturated rings. The molecule has 0 aliphatic heterocycles. The van der Waals surface area contributed by atoms with Crippen molar-refractivity contribution >= 4 is 24.1 Å². The lowest BCUT2D eigenvalue weighted by Gasteiger charge is -2.10. The Morgan fingerprint density at radius 3 is 2.13 bits per heavy atom. The molecule has 0 amide bonds.